The summed E-state index contributed by atoms with van der Waals surface area (Å²) in [7, 11) is 0. The molecule has 1 atom stereocenters. The smallest absolute Gasteiger partial charge is 0.273 e. The molecule has 0 saturated heterocycles. The van der Waals surface area contributed by atoms with Gasteiger partial charge in [-0.1, -0.05) is 12.1 Å². The molecule has 2 aromatic rings. The van der Waals surface area contributed by atoms with Crippen LogP contribution in [0.3, 0.4) is 0 Å². The van der Waals surface area contributed by atoms with Crippen LogP contribution in [-0.2, 0) is 0 Å². The minimum absolute atomic E-state index is 0.0698. The molecule has 7 heteroatoms. The molecule has 1 aliphatic heterocycles. The first kappa shape index (κ1) is 16.8. The molecule has 3 rings (SSSR count). The van der Waals surface area contributed by atoms with Crippen molar-refractivity contribution in [2.24, 2.45) is 0 Å². The van der Waals surface area contributed by atoms with Gasteiger partial charge in [0.05, 0.1) is 11.0 Å². The molecular weight excluding hydrogens is 324 g/mol. The van der Waals surface area contributed by atoms with Crippen molar-refractivity contribution in [2.75, 3.05) is 13.2 Å². The maximum Gasteiger partial charge on any atom is 0.273 e. The molecule has 130 valence electrons. The van der Waals surface area contributed by atoms with E-state index in [4.69, 9.17) is 9.47 Å². The number of nitrogens with one attached hydrogen (secondary N) is 1. The number of benzene rings is 2. The Hall–Kier alpha value is -3.09. The molecule has 1 amide bonds. The second-order valence-electron chi connectivity index (χ2n) is 5.81. The monoisotopic (exact) mass is 342 g/mol. The minimum Gasteiger partial charge on any atom is -0.486 e. The fraction of sp³-hybridized carbons (Fsp3) is 0.278. The van der Waals surface area contributed by atoms with Gasteiger partial charge in [0.1, 0.15) is 13.2 Å². The highest BCUT2D eigenvalue weighted by Gasteiger charge is 2.20. The Bertz CT molecular complexity index is 834. The minimum atomic E-state index is -0.490. The van der Waals surface area contributed by atoms with Gasteiger partial charge < -0.3 is 14.8 Å². The summed E-state index contributed by atoms with van der Waals surface area (Å²) in [4.78, 5) is 23.1. The zero-order chi connectivity index (χ0) is 18.0. The highest BCUT2D eigenvalue weighted by molar-refractivity contribution is 5.96. The Labute approximate surface area is 144 Å². The van der Waals surface area contributed by atoms with Crippen molar-refractivity contribution in [3.05, 3.63) is 63.2 Å². The van der Waals surface area contributed by atoms with Gasteiger partial charge in [-0.25, -0.2) is 0 Å². The molecule has 7 nitrogen and oxygen atoms in total. The highest BCUT2D eigenvalue weighted by Crippen LogP contribution is 2.32. The van der Waals surface area contributed by atoms with Crippen LogP contribution in [0.25, 0.3) is 0 Å². The summed E-state index contributed by atoms with van der Waals surface area (Å²) in [5.74, 6) is 0.975. The largest absolute Gasteiger partial charge is 0.486 e. The van der Waals surface area contributed by atoms with E-state index in [1.807, 2.05) is 25.1 Å². The summed E-state index contributed by atoms with van der Waals surface area (Å²) in [6, 6.07) is 9.69. The van der Waals surface area contributed by atoms with Crippen molar-refractivity contribution < 1.29 is 19.2 Å². The molecule has 1 heterocycles. The predicted octanol–water partition coefficient (Wildman–Crippen LogP) is 3.17. The van der Waals surface area contributed by atoms with Gasteiger partial charge in [0.15, 0.2) is 11.5 Å². The van der Waals surface area contributed by atoms with Crippen molar-refractivity contribution >= 4 is 11.6 Å². The SMILES string of the molecule is Cc1c(C(=O)NC(C)c2ccc3c(c2)OCCO3)cccc1[N+](=O)[O-]. The van der Waals surface area contributed by atoms with E-state index in [9.17, 15) is 14.9 Å². The van der Waals surface area contributed by atoms with Crippen LogP contribution in [0.4, 0.5) is 5.69 Å². The summed E-state index contributed by atoms with van der Waals surface area (Å²) in [5, 5.41) is 13.9. The third-order valence-corrected chi connectivity index (χ3v) is 4.16. The van der Waals surface area contributed by atoms with Gasteiger partial charge in [-0.15, -0.1) is 0 Å². The quantitative estimate of drug-likeness (QED) is 0.681. The molecular formula is C18H18N2O5. The van der Waals surface area contributed by atoms with Gasteiger partial charge in [-0.3, -0.25) is 14.9 Å². The van der Waals surface area contributed by atoms with Crippen molar-refractivity contribution in [2.45, 2.75) is 19.9 Å². The number of hydrogen-bond acceptors (Lipinski definition) is 5. The molecule has 0 aromatic heterocycles. The Balaban J connectivity index is 1.79. The maximum atomic E-state index is 12.5. The number of carbonyl (C=O) groups excluding carboxylic acids is 1. The van der Waals surface area contributed by atoms with Crippen LogP contribution < -0.4 is 14.8 Å². The molecule has 0 radical (unpaired) electrons. The number of hydrogen-bond donors (Lipinski definition) is 1. The van der Waals surface area contributed by atoms with E-state index >= 15 is 0 Å². The van der Waals surface area contributed by atoms with Gasteiger partial charge in [-0.2, -0.15) is 0 Å². The Morgan fingerprint density at radius 3 is 2.64 bits per heavy atom. The van der Waals surface area contributed by atoms with Crippen molar-refractivity contribution in [3.8, 4) is 11.5 Å². The van der Waals surface area contributed by atoms with E-state index in [-0.39, 0.29) is 17.6 Å². The van der Waals surface area contributed by atoms with Crippen LogP contribution in [0.2, 0.25) is 0 Å². The third kappa shape index (κ3) is 3.40. The van der Waals surface area contributed by atoms with E-state index in [0.29, 0.717) is 35.8 Å². The lowest BCUT2D eigenvalue weighted by atomic mass is 10.0. The topological polar surface area (TPSA) is 90.7 Å². The van der Waals surface area contributed by atoms with Gasteiger partial charge >= 0.3 is 0 Å². The van der Waals surface area contributed by atoms with E-state index in [1.165, 1.54) is 12.1 Å². The van der Waals surface area contributed by atoms with Gasteiger partial charge in [0.25, 0.3) is 11.6 Å². The molecule has 0 saturated carbocycles. The fourth-order valence-electron chi connectivity index (χ4n) is 2.75. The first-order valence-corrected chi connectivity index (χ1v) is 7.92. The number of fused-ring (bicyclic) bond motifs is 1. The zero-order valence-corrected chi connectivity index (χ0v) is 13.9. The Kier molecular flexibility index (Phi) is 4.56. The number of nitro groups is 1. The number of ether oxygens (including phenoxy) is 2. The summed E-state index contributed by atoms with van der Waals surface area (Å²) in [5.41, 5.74) is 1.43. The average Bonchev–Trinajstić information content (AvgIpc) is 2.61. The van der Waals surface area contributed by atoms with Crippen LogP contribution in [0.15, 0.2) is 36.4 Å². The van der Waals surface area contributed by atoms with E-state index < -0.39 is 4.92 Å². The lowest BCUT2D eigenvalue weighted by Gasteiger charge is -2.21. The van der Waals surface area contributed by atoms with Crippen molar-refractivity contribution in [1.29, 1.82) is 0 Å². The normalized spacial score (nSPS) is 13.8. The molecule has 1 aliphatic rings. The number of nitrogens with zero attached hydrogens (tertiary/aromatic N) is 1. The van der Waals surface area contributed by atoms with Crippen LogP contribution in [0.1, 0.15) is 34.5 Å². The summed E-state index contributed by atoms with van der Waals surface area (Å²) in [6.45, 7) is 4.42. The molecule has 25 heavy (non-hydrogen) atoms. The van der Waals surface area contributed by atoms with Crippen LogP contribution in [-0.4, -0.2) is 24.0 Å². The van der Waals surface area contributed by atoms with Crippen LogP contribution in [0.5, 0.6) is 11.5 Å². The fourth-order valence-corrected chi connectivity index (χ4v) is 2.75. The van der Waals surface area contributed by atoms with Gasteiger partial charge in [-0.05, 0) is 37.6 Å². The van der Waals surface area contributed by atoms with E-state index in [1.54, 1.807) is 13.0 Å². The molecule has 2 aromatic carbocycles. The molecule has 0 fully saturated rings. The van der Waals surface area contributed by atoms with Gasteiger partial charge in [0, 0.05) is 17.2 Å². The second-order valence-corrected chi connectivity index (χ2v) is 5.81. The predicted molar refractivity (Wildman–Crippen MR) is 91.1 cm³/mol. The molecule has 0 spiro atoms. The standard InChI is InChI=1S/C18H18N2O5/c1-11-14(4-3-5-15(11)20(22)23)18(21)19-12(2)13-6-7-16-17(10-13)25-9-8-24-16/h3-7,10,12H,8-9H2,1-2H3,(H,19,21). The lowest BCUT2D eigenvalue weighted by Crippen LogP contribution is -2.27. The van der Waals surface area contributed by atoms with Crippen LogP contribution in [0, 0.1) is 17.0 Å². The first-order valence-electron chi connectivity index (χ1n) is 7.92. The summed E-state index contributed by atoms with van der Waals surface area (Å²) < 4.78 is 11.0. The third-order valence-electron chi connectivity index (χ3n) is 4.16. The van der Waals surface area contributed by atoms with E-state index in [2.05, 4.69) is 5.32 Å². The Morgan fingerprint density at radius 2 is 1.92 bits per heavy atom. The molecule has 1 unspecified atom stereocenters. The van der Waals surface area contributed by atoms with Crippen molar-refractivity contribution in [1.82, 2.24) is 5.32 Å². The number of nitro benzene ring substituents is 1. The lowest BCUT2D eigenvalue weighted by molar-refractivity contribution is -0.385. The van der Waals surface area contributed by atoms with Gasteiger partial charge in [0.2, 0.25) is 0 Å². The van der Waals surface area contributed by atoms with Crippen LogP contribution >= 0.6 is 0 Å². The Morgan fingerprint density at radius 1 is 1.20 bits per heavy atom. The molecule has 0 aliphatic carbocycles. The summed E-state index contributed by atoms with van der Waals surface area (Å²) >= 11 is 0. The number of carbonyl (C=O) groups is 1. The van der Waals surface area contributed by atoms with Crippen molar-refractivity contribution in [3.63, 3.8) is 0 Å². The second kappa shape index (κ2) is 6.80. The first-order chi connectivity index (χ1) is 12.0. The van der Waals surface area contributed by atoms with E-state index in [0.717, 1.165) is 5.56 Å². The maximum absolute atomic E-state index is 12.5. The molecule has 1 N–H and O–H groups in total. The highest BCUT2D eigenvalue weighted by atomic mass is 16.6. The average molecular weight is 342 g/mol. The number of amides is 1. The zero-order valence-electron chi connectivity index (χ0n) is 13.9. The summed E-state index contributed by atoms with van der Waals surface area (Å²) in [6.07, 6.45) is 0. The number of rotatable bonds is 4. The molecule has 0 bridgehead atoms.